The maximum Gasteiger partial charge on any atom is 0.311 e. The minimum atomic E-state index is -0.681. The van der Waals surface area contributed by atoms with Gasteiger partial charge in [-0.05, 0) is 39.0 Å². The molecule has 8 heteroatoms. The van der Waals surface area contributed by atoms with E-state index in [9.17, 15) is 19.5 Å². The number of rotatable bonds is 10. The number of aliphatic hydroxyl groups excluding tert-OH is 1. The average Bonchev–Trinajstić information content (AvgIpc) is 3.30. The molecule has 0 aromatic rings. The van der Waals surface area contributed by atoms with Crippen LogP contribution in [0.1, 0.15) is 66.7 Å². The molecule has 7 nitrogen and oxygen atoms in total. The van der Waals surface area contributed by atoms with E-state index in [2.05, 4.69) is 12.2 Å². The average molecular weight is 455 g/mol. The molecule has 3 rings (SSSR count). The summed E-state index contributed by atoms with van der Waals surface area (Å²) in [7, 11) is 0. The van der Waals surface area contributed by atoms with E-state index in [1.807, 2.05) is 20.8 Å². The van der Waals surface area contributed by atoms with Gasteiger partial charge in [-0.3, -0.25) is 14.4 Å². The topological polar surface area (TPSA) is 95.9 Å². The Bertz CT molecular complexity index is 718. The summed E-state index contributed by atoms with van der Waals surface area (Å²) in [6.45, 7) is 10.5. The molecule has 3 saturated heterocycles. The normalized spacial score (nSPS) is 35.7. The highest BCUT2D eigenvalue weighted by Gasteiger charge is 2.78. The number of hydrogen-bond donors (Lipinski definition) is 2. The highest BCUT2D eigenvalue weighted by molar-refractivity contribution is 8.02. The lowest BCUT2D eigenvalue weighted by atomic mass is 9.66. The van der Waals surface area contributed by atoms with Crippen molar-refractivity contribution in [3.8, 4) is 0 Å². The number of nitrogens with one attached hydrogen (secondary N) is 1. The number of carbonyl (C=O) groups excluding carboxylic acids is 3. The third-order valence-electron chi connectivity index (χ3n) is 7.68. The van der Waals surface area contributed by atoms with Crippen LogP contribution in [-0.4, -0.2) is 69.1 Å². The van der Waals surface area contributed by atoms with Crippen molar-refractivity contribution in [1.82, 2.24) is 10.2 Å². The molecule has 0 aromatic carbocycles. The van der Waals surface area contributed by atoms with E-state index in [1.165, 1.54) is 0 Å². The second-order valence-corrected chi connectivity index (χ2v) is 11.4. The maximum atomic E-state index is 13.9. The van der Waals surface area contributed by atoms with E-state index in [4.69, 9.17) is 4.74 Å². The number of esters is 1. The van der Waals surface area contributed by atoms with Crippen LogP contribution in [0, 0.1) is 17.8 Å². The van der Waals surface area contributed by atoms with Gasteiger partial charge in [-0.1, -0.05) is 33.6 Å². The van der Waals surface area contributed by atoms with Crippen LogP contribution in [0.5, 0.6) is 0 Å². The Morgan fingerprint density at radius 2 is 2.03 bits per heavy atom. The molecule has 1 spiro atoms. The molecule has 3 aliphatic rings. The van der Waals surface area contributed by atoms with Crippen LogP contribution in [0.3, 0.4) is 0 Å². The number of nitrogens with zero attached hydrogens (tertiary/aromatic N) is 1. The lowest BCUT2D eigenvalue weighted by Crippen LogP contribution is -2.57. The fourth-order valence-corrected chi connectivity index (χ4v) is 8.24. The first kappa shape index (κ1) is 24.4. The third kappa shape index (κ3) is 3.77. The van der Waals surface area contributed by atoms with Crippen LogP contribution < -0.4 is 5.32 Å². The van der Waals surface area contributed by atoms with E-state index in [0.29, 0.717) is 13.0 Å². The molecule has 0 aromatic heterocycles. The molecular formula is C23H38N2O5S. The molecule has 31 heavy (non-hydrogen) atoms. The zero-order chi connectivity index (χ0) is 23.0. The van der Waals surface area contributed by atoms with Crippen molar-refractivity contribution in [3.05, 3.63) is 0 Å². The van der Waals surface area contributed by atoms with Gasteiger partial charge in [0.2, 0.25) is 11.8 Å². The molecular weight excluding hydrogens is 416 g/mol. The van der Waals surface area contributed by atoms with Crippen molar-refractivity contribution in [2.75, 3.05) is 19.8 Å². The van der Waals surface area contributed by atoms with E-state index < -0.39 is 33.4 Å². The van der Waals surface area contributed by atoms with Gasteiger partial charge >= 0.3 is 5.97 Å². The summed E-state index contributed by atoms with van der Waals surface area (Å²) >= 11 is 1.64. The fraction of sp³-hybridized carbons (Fsp3) is 0.870. The molecule has 3 heterocycles. The van der Waals surface area contributed by atoms with Gasteiger partial charge in [0.1, 0.15) is 6.04 Å². The lowest BCUT2D eigenvalue weighted by molar-refractivity contribution is -0.155. The SMILES string of the molecule is CCCCNC(=O)C1N([C@@H](CO)[C@@H](C)CC)C(=O)[C@@H]2[C@H](C(=O)OCC)[C@]3(C)CCC12S3. The van der Waals surface area contributed by atoms with E-state index in [-0.39, 0.29) is 36.9 Å². The number of ether oxygens (including phenoxy) is 1. The van der Waals surface area contributed by atoms with Gasteiger partial charge in [0, 0.05) is 11.3 Å². The van der Waals surface area contributed by atoms with Crippen molar-refractivity contribution >= 4 is 29.5 Å². The molecule has 3 fully saturated rings. The second kappa shape index (κ2) is 9.30. The van der Waals surface area contributed by atoms with Crippen molar-refractivity contribution in [1.29, 1.82) is 0 Å². The largest absolute Gasteiger partial charge is 0.466 e. The quantitative estimate of drug-likeness (QED) is 0.389. The Hall–Kier alpha value is -1.28. The van der Waals surface area contributed by atoms with E-state index >= 15 is 0 Å². The number of likely N-dealkylation sites (tertiary alicyclic amines) is 1. The predicted octanol–water partition coefficient (Wildman–Crippen LogP) is 2.35. The van der Waals surface area contributed by atoms with Gasteiger partial charge in [-0.25, -0.2) is 0 Å². The Balaban J connectivity index is 2.06. The summed E-state index contributed by atoms with van der Waals surface area (Å²) in [6, 6.07) is -1.13. The predicted molar refractivity (Wildman–Crippen MR) is 120 cm³/mol. The van der Waals surface area contributed by atoms with Crippen LogP contribution in [-0.2, 0) is 19.1 Å². The van der Waals surface area contributed by atoms with Crippen LogP contribution >= 0.6 is 11.8 Å². The Labute approximate surface area is 190 Å². The highest BCUT2D eigenvalue weighted by atomic mass is 32.2. The van der Waals surface area contributed by atoms with Crippen LogP contribution in [0.2, 0.25) is 0 Å². The number of aliphatic hydroxyl groups is 1. The molecule has 0 aliphatic carbocycles. The molecule has 0 radical (unpaired) electrons. The molecule has 2 amide bonds. The molecule has 2 unspecified atom stereocenters. The fourth-order valence-electron chi connectivity index (χ4n) is 5.91. The first-order chi connectivity index (χ1) is 14.7. The van der Waals surface area contributed by atoms with Crippen molar-refractivity contribution < 1.29 is 24.2 Å². The van der Waals surface area contributed by atoms with Crippen LogP contribution in [0.15, 0.2) is 0 Å². The minimum absolute atomic E-state index is 0.0361. The Kier molecular flexibility index (Phi) is 7.31. The number of amides is 2. The third-order valence-corrected chi connectivity index (χ3v) is 9.66. The minimum Gasteiger partial charge on any atom is -0.466 e. The summed E-state index contributed by atoms with van der Waals surface area (Å²) in [5.41, 5.74) is 0. The summed E-state index contributed by atoms with van der Waals surface area (Å²) < 4.78 is 4.33. The zero-order valence-electron chi connectivity index (χ0n) is 19.5. The maximum absolute atomic E-state index is 13.9. The van der Waals surface area contributed by atoms with Gasteiger partial charge in [0.05, 0.1) is 35.8 Å². The van der Waals surface area contributed by atoms with E-state index in [1.54, 1.807) is 23.6 Å². The summed E-state index contributed by atoms with van der Waals surface area (Å²) in [4.78, 5) is 42.1. The molecule has 3 aliphatic heterocycles. The number of fused-ring (bicyclic) bond motifs is 1. The Morgan fingerprint density at radius 3 is 2.61 bits per heavy atom. The van der Waals surface area contributed by atoms with Crippen molar-refractivity contribution in [2.24, 2.45) is 17.8 Å². The van der Waals surface area contributed by atoms with Gasteiger partial charge in [0.15, 0.2) is 0 Å². The van der Waals surface area contributed by atoms with Crippen LogP contribution in [0.4, 0.5) is 0 Å². The highest BCUT2D eigenvalue weighted by Crippen LogP contribution is 2.71. The molecule has 2 bridgehead atoms. The smallest absolute Gasteiger partial charge is 0.311 e. The summed E-state index contributed by atoms with van der Waals surface area (Å²) in [5.74, 6) is -1.79. The second-order valence-electron chi connectivity index (χ2n) is 9.51. The van der Waals surface area contributed by atoms with Gasteiger partial charge in [-0.2, -0.15) is 0 Å². The monoisotopic (exact) mass is 454 g/mol. The number of unbranched alkanes of at least 4 members (excludes halogenated alkanes) is 1. The molecule has 7 atom stereocenters. The van der Waals surface area contributed by atoms with E-state index in [0.717, 1.165) is 25.7 Å². The lowest BCUT2D eigenvalue weighted by Gasteiger charge is -2.39. The van der Waals surface area contributed by atoms with Gasteiger partial charge < -0.3 is 20.1 Å². The number of thioether (sulfide) groups is 1. The van der Waals surface area contributed by atoms with Gasteiger partial charge in [0.25, 0.3) is 0 Å². The molecule has 2 N–H and O–H groups in total. The first-order valence-corrected chi connectivity index (χ1v) is 12.6. The first-order valence-electron chi connectivity index (χ1n) is 11.8. The summed E-state index contributed by atoms with van der Waals surface area (Å²) in [5, 5.41) is 13.3. The standard InChI is InChI=1S/C23H38N2O5S/c1-6-9-12-24-19(27)18-23-11-10-22(5,31-23)17(21(29)30-8-3)16(23)20(28)25(18)15(13-26)14(4)7-2/h14-18,26H,6-13H2,1-5H3,(H,24,27)/t14-,15-,16-,17+,18?,22-,23?/m0/s1. The number of carbonyl (C=O) groups is 3. The number of hydrogen-bond acceptors (Lipinski definition) is 6. The van der Waals surface area contributed by atoms with Gasteiger partial charge in [-0.15, -0.1) is 11.8 Å². The molecule has 0 saturated carbocycles. The summed E-state index contributed by atoms with van der Waals surface area (Å²) in [6.07, 6.45) is 4.09. The zero-order valence-corrected chi connectivity index (χ0v) is 20.3. The van der Waals surface area contributed by atoms with Crippen molar-refractivity contribution in [2.45, 2.75) is 88.3 Å². The Morgan fingerprint density at radius 1 is 1.32 bits per heavy atom. The molecule has 176 valence electrons. The van der Waals surface area contributed by atoms with Crippen LogP contribution in [0.25, 0.3) is 0 Å². The van der Waals surface area contributed by atoms with Crippen molar-refractivity contribution in [3.63, 3.8) is 0 Å².